The van der Waals surface area contributed by atoms with Gasteiger partial charge >= 0.3 is 0 Å². The first-order chi connectivity index (χ1) is 9.47. The van der Waals surface area contributed by atoms with Crippen LogP contribution < -0.4 is 4.74 Å². The van der Waals surface area contributed by atoms with Gasteiger partial charge in [0, 0.05) is 11.6 Å². The fourth-order valence-corrected chi connectivity index (χ4v) is 1.60. The zero-order chi connectivity index (χ0) is 14.7. The summed E-state index contributed by atoms with van der Waals surface area (Å²) in [5.41, 5.74) is -0.774. The van der Waals surface area contributed by atoms with Crippen molar-refractivity contribution in [3.05, 3.63) is 53.5 Å². The number of halogens is 3. The minimum absolute atomic E-state index is 0.0862. The molecular weight excluding hydrogens is 271 g/mol. The lowest BCUT2D eigenvalue weighted by atomic mass is 10.1. The zero-order valence-corrected chi connectivity index (χ0v) is 10.4. The Bertz CT molecular complexity index is 627. The first-order valence-electron chi connectivity index (χ1n) is 5.71. The van der Waals surface area contributed by atoms with Crippen LogP contribution in [0.25, 0.3) is 0 Å². The number of aromatic nitrogens is 1. The molecule has 1 aromatic heterocycles. The summed E-state index contributed by atoms with van der Waals surface area (Å²) >= 11 is 0. The quantitative estimate of drug-likeness (QED) is 0.790. The second-order valence-electron chi connectivity index (χ2n) is 4.00. The van der Waals surface area contributed by atoms with Gasteiger partial charge in [0.1, 0.15) is 17.3 Å². The van der Waals surface area contributed by atoms with Crippen LogP contribution in [0.4, 0.5) is 13.2 Å². The summed E-state index contributed by atoms with van der Waals surface area (Å²) in [6, 6.07) is 7.58. The molecule has 0 aliphatic carbocycles. The highest BCUT2D eigenvalue weighted by atomic mass is 19.3. The minimum atomic E-state index is -2.88. The van der Waals surface area contributed by atoms with Crippen molar-refractivity contribution in [3.8, 4) is 11.6 Å². The van der Waals surface area contributed by atoms with E-state index < -0.39 is 23.7 Å². The number of Topliss-reactive ketones (excluding diaryl/α,β-unsaturated/α-hetero) is 1. The van der Waals surface area contributed by atoms with Gasteiger partial charge in [0.15, 0.2) is 5.78 Å². The highest BCUT2D eigenvalue weighted by molar-refractivity contribution is 5.95. The lowest BCUT2D eigenvalue weighted by Gasteiger charge is -2.09. The van der Waals surface area contributed by atoms with E-state index in [1.807, 2.05) is 0 Å². The first-order valence-corrected chi connectivity index (χ1v) is 5.71. The molecule has 2 aromatic rings. The van der Waals surface area contributed by atoms with E-state index >= 15 is 0 Å². The molecule has 1 aromatic carbocycles. The van der Waals surface area contributed by atoms with Gasteiger partial charge in [0.25, 0.3) is 6.43 Å². The second-order valence-corrected chi connectivity index (χ2v) is 4.00. The Morgan fingerprint density at radius 1 is 1.15 bits per heavy atom. The van der Waals surface area contributed by atoms with Crippen LogP contribution in [0, 0.1) is 5.82 Å². The van der Waals surface area contributed by atoms with Gasteiger partial charge in [0.2, 0.25) is 5.88 Å². The van der Waals surface area contributed by atoms with Crippen LogP contribution in [-0.2, 0) is 0 Å². The van der Waals surface area contributed by atoms with Crippen molar-refractivity contribution in [2.45, 2.75) is 13.3 Å². The topological polar surface area (TPSA) is 39.2 Å². The normalized spacial score (nSPS) is 10.7. The Hall–Kier alpha value is -2.37. The maximum absolute atomic E-state index is 12.8. The number of carbonyl (C=O) groups excluding carboxylic acids is 1. The van der Waals surface area contributed by atoms with Gasteiger partial charge in [-0.3, -0.25) is 4.79 Å². The van der Waals surface area contributed by atoms with Crippen LogP contribution in [0.5, 0.6) is 11.6 Å². The molecule has 0 saturated heterocycles. The van der Waals surface area contributed by atoms with Crippen molar-refractivity contribution in [1.29, 1.82) is 0 Å². The van der Waals surface area contributed by atoms with E-state index in [9.17, 15) is 18.0 Å². The van der Waals surface area contributed by atoms with Gasteiger partial charge in [-0.25, -0.2) is 18.2 Å². The van der Waals surface area contributed by atoms with Gasteiger partial charge in [0.05, 0.1) is 0 Å². The molecule has 3 nitrogen and oxygen atoms in total. The molecule has 0 aliphatic heterocycles. The van der Waals surface area contributed by atoms with Crippen molar-refractivity contribution >= 4 is 5.78 Å². The Labute approximate surface area is 113 Å². The van der Waals surface area contributed by atoms with Crippen LogP contribution in [-0.4, -0.2) is 10.8 Å². The summed E-state index contributed by atoms with van der Waals surface area (Å²) in [5, 5.41) is 0. The Morgan fingerprint density at radius 2 is 1.80 bits per heavy atom. The van der Waals surface area contributed by atoms with Crippen molar-refractivity contribution in [2.75, 3.05) is 0 Å². The summed E-state index contributed by atoms with van der Waals surface area (Å²) in [7, 11) is 0. The average Bonchev–Trinajstić information content (AvgIpc) is 2.41. The minimum Gasteiger partial charge on any atom is -0.439 e. The number of rotatable bonds is 4. The number of alkyl halides is 2. The third kappa shape index (κ3) is 3.14. The first kappa shape index (κ1) is 14.0. The van der Waals surface area contributed by atoms with E-state index in [4.69, 9.17) is 4.74 Å². The summed E-state index contributed by atoms with van der Waals surface area (Å²) in [5.74, 6) is -0.766. The van der Waals surface area contributed by atoms with Crippen LogP contribution in [0.2, 0.25) is 0 Å². The molecule has 20 heavy (non-hydrogen) atoms. The lowest BCUT2D eigenvalue weighted by Crippen LogP contribution is -2.04. The molecule has 104 valence electrons. The molecule has 0 amide bonds. The van der Waals surface area contributed by atoms with E-state index in [0.29, 0.717) is 0 Å². The number of carbonyl (C=O) groups is 1. The standard InChI is InChI=1S/C14H10F3NO2/c1-8(19)11-6-7-12(18-13(11)14(16)17)20-10-4-2-9(15)3-5-10/h2-7,14H,1H3. The summed E-state index contributed by atoms with van der Waals surface area (Å²) < 4.78 is 43.6. The van der Waals surface area contributed by atoms with Crippen LogP contribution in [0.1, 0.15) is 29.4 Å². The van der Waals surface area contributed by atoms with Crippen LogP contribution in [0.3, 0.4) is 0 Å². The Kier molecular flexibility index (Phi) is 4.02. The van der Waals surface area contributed by atoms with E-state index in [-0.39, 0.29) is 17.2 Å². The van der Waals surface area contributed by atoms with Gasteiger partial charge < -0.3 is 4.74 Å². The molecule has 0 saturated carbocycles. The number of ether oxygens (including phenoxy) is 1. The fraction of sp³-hybridized carbons (Fsp3) is 0.143. The van der Waals surface area contributed by atoms with Crippen molar-refractivity contribution in [3.63, 3.8) is 0 Å². The molecule has 2 rings (SSSR count). The molecule has 6 heteroatoms. The molecular formula is C14H10F3NO2. The third-order valence-electron chi connectivity index (χ3n) is 2.52. The molecule has 0 unspecified atom stereocenters. The molecule has 0 atom stereocenters. The van der Waals surface area contributed by atoms with E-state index in [1.54, 1.807) is 0 Å². The summed E-state index contributed by atoms with van der Waals surface area (Å²) in [6.45, 7) is 1.18. The van der Waals surface area contributed by atoms with Gasteiger partial charge in [-0.2, -0.15) is 0 Å². The molecule has 0 spiro atoms. The van der Waals surface area contributed by atoms with E-state index in [1.165, 1.54) is 43.3 Å². The number of ketones is 1. The Morgan fingerprint density at radius 3 is 2.35 bits per heavy atom. The number of benzene rings is 1. The van der Waals surface area contributed by atoms with E-state index in [0.717, 1.165) is 0 Å². The van der Waals surface area contributed by atoms with Gasteiger partial charge in [-0.05, 0) is 37.3 Å². The number of hydrogen-bond acceptors (Lipinski definition) is 3. The van der Waals surface area contributed by atoms with Gasteiger partial charge in [-0.15, -0.1) is 0 Å². The molecule has 0 bridgehead atoms. The fourth-order valence-electron chi connectivity index (χ4n) is 1.60. The SMILES string of the molecule is CC(=O)c1ccc(Oc2ccc(F)cc2)nc1C(F)F. The van der Waals surface area contributed by atoms with E-state index in [2.05, 4.69) is 4.98 Å². The highest BCUT2D eigenvalue weighted by Crippen LogP contribution is 2.26. The largest absolute Gasteiger partial charge is 0.439 e. The smallest absolute Gasteiger partial charge is 0.281 e. The second kappa shape index (κ2) is 5.73. The van der Waals surface area contributed by atoms with Crippen molar-refractivity contribution < 1.29 is 22.7 Å². The summed E-state index contributed by atoms with van der Waals surface area (Å²) in [6.07, 6.45) is -2.88. The van der Waals surface area contributed by atoms with Gasteiger partial charge in [-0.1, -0.05) is 0 Å². The molecule has 0 radical (unpaired) electrons. The molecule has 0 N–H and O–H groups in total. The maximum Gasteiger partial charge on any atom is 0.281 e. The highest BCUT2D eigenvalue weighted by Gasteiger charge is 2.19. The zero-order valence-electron chi connectivity index (χ0n) is 10.4. The third-order valence-corrected chi connectivity index (χ3v) is 2.52. The molecule has 0 aliphatic rings. The van der Waals surface area contributed by atoms with Crippen molar-refractivity contribution in [2.24, 2.45) is 0 Å². The lowest BCUT2D eigenvalue weighted by molar-refractivity contribution is 0.0995. The van der Waals surface area contributed by atoms with Crippen molar-refractivity contribution in [1.82, 2.24) is 4.98 Å². The monoisotopic (exact) mass is 281 g/mol. The number of nitrogens with zero attached hydrogens (tertiary/aromatic N) is 1. The average molecular weight is 281 g/mol. The predicted molar refractivity (Wildman–Crippen MR) is 65.7 cm³/mol. The Balaban J connectivity index is 2.31. The molecule has 0 fully saturated rings. The maximum atomic E-state index is 12.8. The number of pyridine rings is 1. The van der Waals surface area contributed by atoms with Crippen LogP contribution >= 0.6 is 0 Å². The number of hydrogen-bond donors (Lipinski definition) is 0. The predicted octanol–water partition coefficient (Wildman–Crippen LogP) is 4.15. The molecule has 1 heterocycles. The van der Waals surface area contributed by atoms with Crippen LogP contribution in [0.15, 0.2) is 36.4 Å². The summed E-state index contributed by atoms with van der Waals surface area (Å²) in [4.78, 5) is 14.8.